The number of carbonyl (C=O) groups is 4. The van der Waals surface area contributed by atoms with Gasteiger partial charge in [0.05, 0.1) is 12.7 Å². The maximum Gasteiger partial charge on any atom is 0.337 e. The van der Waals surface area contributed by atoms with Gasteiger partial charge in [-0.3, -0.25) is 9.59 Å². The first kappa shape index (κ1) is 26.2. The number of nitrogens with zero attached hydrogens (tertiary/aromatic N) is 1. The van der Waals surface area contributed by atoms with Crippen molar-refractivity contribution in [2.24, 2.45) is 17.4 Å². The van der Waals surface area contributed by atoms with E-state index in [-0.39, 0.29) is 30.4 Å². The summed E-state index contributed by atoms with van der Waals surface area (Å²) >= 11 is 0. The number of amides is 4. The van der Waals surface area contributed by atoms with E-state index in [1.54, 1.807) is 24.3 Å². The minimum Gasteiger partial charge on any atom is -0.465 e. The van der Waals surface area contributed by atoms with Crippen LogP contribution in [0.3, 0.4) is 0 Å². The van der Waals surface area contributed by atoms with Gasteiger partial charge in [0.2, 0.25) is 5.91 Å². The second kappa shape index (κ2) is 10.6. The molecule has 0 aromatic heterocycles. The number of anilines is 1. The molecule has 0 spiro atoms. The van der Waals surface area contributed by atoms with E-state index >= 15 is 0 Å². The van der Waals surface area contributed by atoms with Gasteiger partial charge in [0.15, 0.2) is 0 Å². The van der Waals surface area contributed by atoms with Gasteiger partial charge in [-0.1, -0.05) is 43.5 Å². The number of benzene rings is 2. The molecule has 37 heavy (non-hydrogen) atoms. The van der Waals surface area contributed by atoms with Crippen LogP contribution in [0.2, 0.25) is 0 Å². The van der Waals surface area contributed by atoms with Crippen molar-refractivity contribution in [2.45, 2.75) is 56.9 Å². The van der Waals surface area contributed by atoms with Gasteiger partial charge in [-0.05, 0) is 72.9 Å². The largest absolute Gasteiger partial charge is 0.465 e. The molecule has 4 amide bonds. The number of ether oxygens (including phenoxy) is 1. The molecule has 196 valence electrons. The Labute approximate surface area is 216 Å². The van der Waals surface area contributed by atoms with Gasteiger partial charge in [0, 0.05) is 5.69 Å². The van der Waals surface area contributed by atoms with Crippen LogP contribution in [0, 0.1) is 12.8 Å². The van der Waals surface area contributed by atoms with E-state index in [9.17, 15) is 19.2 Å². The summed E-state index contributed by atoms with van der Waals surface area (Å²) < 4.78 is 4.89. The number of hydrogen-bond acceptors (Lipinski definition) is 5. The molecule has 2 aromatic carbocycles. The molecule has 9 heteroatoms. The van der Waals surface area contributed by atoms with Gasteiger partial charge in [0.1, 0.15) is 12.1 Å². The van der Waals surface area contributed by atoms with Crippen LogP contribution in [0.5, 0.6) is 0 Å². The molecule has 4 rings (SSSR count). The minimum absolute atomic E-state index is 0.119. The highest BCUT2D eigenvalue weighted by atomic mass is 16.5. The predicted molar refractivity (Wildman–Crippen MR) is 139 cm³/mol. The molecule has 1 aliphatic carbocycles. The first-order valence-corrected chi connectivity index (χ1v) is 12.6. The zero-order chi connectivity index (χ0) is 26.7. The number of primary amides is 2. The maximum atomic E-state index is 14.5. The standard InChI is InChI=1S/C28H34N4O5/c1-17-11-12-21-22(18-7-4-3-5-8-18)15-28(31-27(30)36,20-10-6-9-19(14-20)25(34)37-2)26(35)32(16-24(29)33)23(21)13-17/h6,9-14,18,22H,3-5,7-8,15-16H2,1-2H3,(H2,29,33)(H3,30,31,36). The van der Waals surface area contributed by atoms with Crippen molar-refractivity contribution in [3.05, 3.63) is 64.7 Å². The topological polar surface area (TPSA) is 145 Å². The highest BCUT2D eigenvalue weighted by molar-refractivity contribution is 6.07. The van der Waals surface area contributed by atoms with E-state index in [4.69, 9.17) is 16.2 Å². The van der Waals surface area contributed by atoms with Crippen LogP contribution in [0.1, 0.15) is 71.5 Å². The summed E-state index contributed by atoms with van der Waals surface area (Å²) in [6.45, 7) is 1.55. The second-order valence-electron chi connectivity index (χ2n) is 10.1. The Morgan fingerprint density at radius 1 is 1.08 bits per heavy atom. The van der Waals surface area contributed by atoms with Gasteiger partial charge in [-0.2, -0.15) is 0 Å². The van der Waals surface area contributed by atoms with Gasteiger partial charge in [-0.25, -0.2) is 9.59 Å². The molecule has 5 N–H and O–H groups in total. The summed E-state index contributed by atoms with van der Waals surface area (Å²) in [5.74, 6) is -1.65. The van der Waals surface area contributed by atoms with E-state index in [2.05, 4.69) is 5.32 Å². The van der Waals surface area contributed by atoms with Gasteiger partial charge in [0.25, 0.3) is 5.91 Å². The fourth-order valence-electron chi connectivity index (χ4n) is 6.00. The van der Waals surface area contributed by atoms with E-state index in [0.29, 0.717) is 11.3 Å². The number of nitrogens with two attached hydrogens (primary N) is 2. The number of fused-ring (bicyclic) bond motifs is 1. The molecule has 2 atom stereocenters. The maximum absolute atomic E-state index is 14.5. The normalized spacial score (nSPS) is 22.1. The lowest BCUT2D eigenvalue weighted by molar-refractivity contribution is -0.127. The van der Waals surface area contributed by atoms with E-state index in [0.717, 1.165) is 43.2 Å². The molecule has 1 saturated carbocycles. The average molecular weight is 507 g/mol. The molecule has 0 saturated heterocycles. The Morgan fingerprint density at radius 2 is 1.81 bits per heavy atom. The molecule has 1 aliphatic heterocycles. The summed E-state index contributed by atoms with van der Waals surface area (Å²) in [5.41, 5.74) is 12.7. The first-order chi connectivity index (χ1) is 17.7. The SMILES string of the molecule is COC(=O)c1cccc(C2(NC(N)=O)CC(C3CCCCC3)c3ccc(C)cc3N(CC(N)=O)C2=O)c1. The zero-order valence-corrected chi connectivity index (χ0v) is 21.3. The quantitative estimate of drug-likeness (QED) is 0.515. The van der Waals surface area contributed by atoms with Crippen molar-refractivity contribution in [3.8, 4) is 0 Å². The van der Waals surface area contributed by atoms with Crippen LogP contribution in [-0.2, 0) is 19.9 Å². The molecule has 1 heterocycles. The van der Waals surface area contributed by atoms with E-state index in [1.165, 1.54) is 12.0 Å². The Kier molecular flexibility index (Phi) is 7.52. The Balaban J connectivity index is 1.99. The van der Waals surface area contributed by atoms with Crippen LogP contribution in [0.25, 0.3) is 0 Å². The van der Waals surface area contributed by atoms with Gasteiger partial charge in [-0.15, -0.1) is 0 Å². The lowest BCUT2D eigenvalue weighted by Crippen LogP contribution is -2.59. The molecule has 9 nitrogen and oxygen atoms in total. The number of nitrogens with one attached hydrogen (secondary N) is 1. The predicted octanol–water partition coefficient (Wildman–Crippen LogP) is 3.23. The monoisotopic (exact) mass is 506 g/mol. The summed E-state index contributed by atoms with van der Waals surface area (Å²) in [6.07, 6.45) is 5.50. The van der Waals surface area contributed by atoms with Crippen LogP contribution in [-0.4, -0.2) is 37.5 Å². The third-order valence-corrected chi connectivity index (χ3v) is 7.66. The molecule has 0 bridgehead atoms. The fourth-order valence-corrected chi connectivity index (χ4v) is 6.00. The Hall–Kier alpha value is -3.88. The lowest BCUT2D eigenvalue weighted by atomic mass is 9.70. The van der Waals surface area contributed by atoms with Crippen molar-refractivity contribution in [2.75, 3.05) is 18.6 Å². The highest BCUT2D eigenvalue weighted by Crippen LogP contribution is 2.49. The number of esters is 1. The highest BCUT2D eigenvalue weighted by Gasteiger charge is 2.51. The van der Waals surface area contributed by atoms with Crippen molar-refractivity contribution in [1.29, 1.82) is 0 Å². The number of urea groups is 1. The zero-order valence-electron chi connectivity index (χ0n) is 21.3. The minimum atomic E-state index is -1.64. The first-order valence-electron chi connectivity index (χ1n) is 12.6. The van der Waals surface area contributed by atoms with Crippen LogP contribution in [0.15, 0.2) is 42.5 Å². The lowest BCUT2D eigenvalue weighted by Gasteiger charge is -2.38. The molecule has 1 fully saturated rings. The summed E-state index contributed by atoms with van der Waals surface area (Å²) in [7, 11) is 1.27. The summed E-state index contributed by atoms with van der Waals surface area (Å²) in [6, 6.07) is 11.4. The van der Waals surface area contributed by atoms with E-state index in [1.807, 2.05) is 25.1 Å². The van der Waals surface area contributed by atoms with Crippen LogP contribution < -0.4 is 21.7 Å². The number of rotatable bonds is 6. The Bertz CT molecular complexity index is 1220. The number of aryl methyl sites for hydroxylation is 1. The molecule has 0 radical (unpaired) electrons. The number of methoxy groups -OCH3 is 1. The Morgan fingerprint density at radius 3 is 2.46 bits per heavy atom. The average Bonchev–Trinajstić information content (AvgIpc) is 2.97. The van der Waals surface area contributed by atoms with Gasteiger partial charge < -0.3 is 26.4 Å². The molecule has 2 unspecified atom stereocenters. The third kappa shape index (κ3) is 5.16. The number of carbonyl (C=O) groups excluding carboxylic acids is 4. The smallest absolute Gasteiger partial charge is 0.337 e. The van der Waals surface area contributed by atoms with Crippen molar-refractivity contribution in [3.63, 3.8) is 0 Å². The molecule has 2 aromatic rings. The van der Waals surface area contributed by atoms with Gasteiger partial charge >= 0.3 is 12.0 Å². The third-order valence-electron chi connectivity index (χ3n) is 7.66. The molecular weight excluding hydrogens is 472 g/mol. The molecule has 2 aliphatic rings. The summed E-state index contributed by atoms with van der Waals surface area (Å²) in [5, 5.41) is 2.75. The number of hydrogen-bond donors (Lipinski definition) is 3. The van der Waals surface area contributed by atoms with Crippen molar-refractivity contribution < 1.29 is 23.9 Å². The fraction of sp³-hybridized carbons (Fsp3) is 0.429. The second-order valence-corrected chi connectivity index (χ2v) is 10.1. The van der Waals surface area contributed by atoms with Crippen molar-refractivity contribution in [1.82, 2.24) is 5.32 Å². The van der Waals surface area contributed by atoms with Crippen LogP contribution >= 0.6 is 0 Å². The van der Waals surface area contributed by atoms with Crippen molar-refractivity contribution >= 4 is 29.5 Å². The summed E-state index contributed by atoms with van der Waals surface area (Å²) in [4.78, 5) is 52.9. The molecular formula is C28H34N4O5. The van der Waals surface area contributed by atoms with Crippen LogP contribution in [0.4, 0.5) is 10.5 Å². The van der Waals surface area contributed by atoms with E-state index < -0.39 is 29.4 Å².